The Morgan fingerprint density at radius 2 is 1.86 bits per heavy atom. The number of benzene rings is 1. The van der Waals surface area contributed by atoms with Crippen molar-refractivity contribution in [3.63, 3.8) is 0 Å². The molecule has 1 unspecified atom stereocenters. The van der Waals surface area contributed by atoms with Gasteiger partial charge in [-0.25, -0.2) is 0 Å². The topological polar surface area (TPSA) is 64.1 Å². The first kappa shape index (κ1) is 16.5. The molecule has 0 saturated carbocycles. The summed E-state index contributed by atoms with van der Waals surface area (Å²) in [6, 6.07) is 9.10. The van der Waals surface area contributed by atoms with Crippen LogP contribution in [0.5, 0.6) is 0 Å². The van der Waals surface area contributed by atoms with E-state index in [1.54, 1.807) is 19.2 Å². The molecule has 22 heavy (non-hydrogen) atoms. The molecule has 1 atom stereocenters. The Morgan fingerprint density at radius 1 is 1.23 bits per heavy atom. The van der Waals surface area contributed by atoms with Crippen LogP contribution < -0.4 is 4.90 Å². The highest BCUT2D eigenvalue weighted by Crippen LogP contribution is 2.29. The van der Waals surface area contributed by atoms with Gasteiger partial charge in [-0.05, 0) is 26.2 Å². The maximum atomic E-state index is 12.5. The van der Waals surface area contributed by atoms with E-state index in [-0.39, 0.29) is 6.42 Å². The maximum Gasteiger partial charge on any atom is 0.268 e. The lowest BCUT2D eigenvalue weighted by molar-refractivity contribution is -0.156. The molecule has 120 valence electrons. The molecule has 1 aromatic carbocycles. The van der Waals surface area contributed by atoms with Gasteiger partial charge in [0.15, 0.2) is 0 Å². The molecule has 1 fully saturated rings. The fourth-order valence-corrected chi connectivity index (χ4v) is 2.53. The first-order chi connectivity index (χ1) is 10.4. The number of anilines is 1. The largest absolute Gasteiger partial charge is 0.372 e. The lowest BCUT2D eigenvalue weighted by Gasteiger charge is -2.27. The Bertz CT molecular complexity index is 547. The van der Waals surface area contributed by atoms with Crippen LogP contribution in [0.3, 0.4) is 0 Å². The fraction of sp³-hybridized carbons (Fsp3) is 0.500. The van der Waals surface area contributed by atoms with Gasteiger partial charge in [0.25, 0.3) is 11.8 Å². The molecular formula is C16H23N3O3. The SMILES string of the molecule is CN(C)CCN(C)C(=O)C1(O)CCN(c2ccccc2)C1=O. The van der Waals surface area contributed by atoms with Gasteiger partial charge in [0, 0.05) is 38.8 Å². The van der Waals surface area contributed by atoms with Gasteiger partial charge in [0.2, 0.25) is 5.60 Å². The highest BCUT2D eigenvalue weighted by atomic mass is 16.3. The predicted molar refractivity (Wildman–Crippen MR) is 84.6 cm³/mol. The zero-order valence-corrected chi connectivity index (χ0v) is 13.3. The minimum absolute atomic E-state index is 0.117. The van der Waals surface area contributed by atoms with Gasteiger partial charge >= 0.3 is 0 Å². The number of nitrogens with zero attached hydrogens (tertiary/aromatic N) is 3. The van der Waals surface area contributed by atoms with Crippen molar-refractivity contribution in [1.29, 1.82) is 0 Å². The van der Waals surface area contributed by atoms with Crippen molar-refractivity contribution in [1.82, 2.24) is 9.80 Å². The van der Waals surface area contributed by atoms with E-state index >= 15 is 0 Å². The van der Waals surface area contributed by atoms with Crippen LogP contribution in [0.25, 0.3) is 0 Å². The maximum absolute atomic E-state index is 12.5. The van der Waals surface area contributed by atoms with Crippen molar-refractivity contribution in [3.05, 3.63) is 30.3 Å². The van der Waals surface area contributed by atoms with Gasteiger partial charge in [-0.15, -0.1) is 0 Å². The van der Waals surface area contributed by atoms with Gasteiger partial charge in [0.1, 0.15) is 0 Å². The molecule has 6 heteroatoms. The third kappa shape index (κ3) is 3.13. The van der Waals surface area contributed by atoms with Crippen LogP contribution in [0.1, 0.15) is 6.42 Å². The summed E-state index contributed by atoms with van der Waals surface area (Å²) < 4.78 is 0. The number of amides is 2. The third-order valence-electron chi connectivity index (χ3n) is 3.95. The fourth-order valence-electron chi connectivity index (χ4n) is 2.53. The van der Waals surface area contributed by atoms with Crippen LogP contribution in [-0.2, 0) is 9.59 Å². The highest BCUT2D eigenvalue weighted by molar-refractivity contribution is 6.16. The van der Waals surface area contributed by atoms with E-state index < -0.39 is 17.4 Å². The quantitative estimate of drug-likeness (QED) is 0.788. The Morgan fingerprint density at radius 3 is 2.45 bits per heavy atom. The van der Waals surface area contributed by atoms with Crippen molar-refractivity contribution < 1.29 is 14.7 Å². The molecule has 1 saturated heterocycles. The van der Waals surface area contributed by atoms with Crippen LogP contribution in [0, 0.1) is 0 Å². The number of carbonyl (C=O) groups is 2. The highest BCUT2D eigenvalue weighted by Gasteiger charge is 2.52. The van der Waals surface area contributed by atoms with Crippen molar-refractivity contribution in [3.8, 4) is 0 Å². The summed E-state index contributed by atoms with van der Waals surface area (Å²) >= 11 is 0. The molecular weight excluding hydrogens is 282 g/mol. The second-order valence-electron chi connectivity index (χ2n) is 5.93. The summed E-state index contributed by atoms with van der Waals surface area (Å²) in [5.74, 6) is -1.07. The van der Waals surface area contributed by atoms with Gasteiger partial charge in [-0.2, -0.15) is 0 Å². The minimum Gasteiger partial charge on any atom is -0.372 e. The lowest BCUT2D eigenvalue weighted by atomic mass is 10.0. The molecule has 0 radical (unpaired) electrons. The van der Waals surface area contributed by atoms with E-state index in [0.29, 0.717) is 25.3 Å². The molecule has 2 rings (SSSR count). The monoisotopic (exact) mass is 305 g/mol. The molecule has 1 aromatic rings. The second-order valence-corrected chi connectivity index (χ2v) is 5.93. The smallest absolute Gasteiger partial charge is 0.268 e. The molecule has 0 aliphatic carbocycles. The second kappa shape index (κ2) is 6.46. The number of hydrogen-bond donors (Lipinski definition) is 1. The standard InChI is InChI=1S/C16H23N3O3/c1-17(2)11-12-18(3)14(20)16(22)9-10-19(15(16)21)13-7-5-4-6-8-13/h4-8,22H,9-12H2,1-3H3. The summed E-state index contributed by atoms with van der Waals surface area (Å²) in [5, 5.41) is 10.6. The molecule has 1 N–H and O–H groups in total. The summed E-state index contributed by atoms with van der Waals surface area (Å²) in [4.78, 5) is 29.8. The van der Waals surface area contributed by atoms with Gasteiger partial charge in [0.05, 0.1) is 0 Å². The molecule has 1 heterocycles. The zero-order chi connectivity index (χ0) is 16.3. The van der Waals surface area contributed by atoms with Crippen molar-refractivity contribution in [2.75, 3.05) is 45.7 Å². The van der Waals surface area contributed by atoms with E-state index in [4.69, 9.17) is 0 Å². The lowest BCUT2D eigenvalue weighted by Crippen LogP contribution is -2.53. The van der Waals surface area contributed by atoms with E-state index in [0.717, 1.165) is 0 Å². The summed E-state index contributed by atoms with van der Waals surface area (Å²) in [5.41, 5.74) is -1.25. The van der Waals surface area contributed by atoms with E-state index in [1.807, 2.05) is 37.2 Å². The zero-order valence-electron chi connectivity index (χ0n) is 13.3. The Labute approximate surface area is 130 Å². The van der Waals surface area contributed by atoms with Crippen LogP contribution in [0.4, 0.5) is 5.69 Å². The average Bonchev–Trinajstić information content (AvgIpc) is 2.82. The minimum atomic E-state index is -1.95. The normalized spacial score (nSPS) is 21.5. The molecule has 2 amide bonds. The molecule has 6 nitrogen and oxygen atoms in total. The van der Waals surface area contributed by atoms with Gasteiger partial charge in [-0.1, -0.05) is 18.2 Å². The van der Waals surface area contributed by atoms with Gasteiger partial charge in [-0.3, -0.25) is 9.59 Å². The average molecular weight is 305 g/mol. The van der Waals surface area contributed by atoms with E-state index in [2.05, 4.69) is 0 Å². The number of carbonyl (C=O) groups excluding carboxylic acids is 2. The van der Waals surface area contributed by atoms with Crippen LogP contribution >= 0.6 is 0 Å². The van der Waals surface area contributed by atoms with Gasteiger partial charge < -0.3 is 19.8 Å². The number of rotatable bonds is 5. The molecule has 0 spiro atoms. The van der Waals surface area contributed by atoms with Crippen molar-refractivity contribution in [2.24, 2.45) is 0 Å². The van der Waals surface area contributed by atoms with E-state index in [9.17, 15) is 14.7 Å². The van der Waals surface area contributed by atoms with Crippen molar-refractivity contribution in [2.45, 2.75) is 12.0 Å². The molecule has 1 aliphatic heterocycles. The third-order valence-corrected chi connectivity index (χ3v) is 3.95. The summed E-state index contributed by atoms with van der Waals surface area (Å²) in [6.07, 6.45) is 0.117. The number of para-hydroxylation sites is 1. The Hall–Kier alpha value is -1.92. The summed E-state index contributed by atoms with van der Waals surface area (Å²) in [6.45, 7) is 1.48. The first-order valence-corrected chi connectivity index (χ1v) is 7.36. The predicted octanol–water partition coefficient (Wildman–Crippen LogP) is 0.174. The Kier molecular flexibility index (Phi) is 4.83. The van der Waals surface area contributed by atoms with Crippen molar-refractivity contribution >= 4 is 17.5 Å². The van der Waals surface area contributed by atoms with E-state index in [1.165, 1.54) is 9.80 Å². The van der Waals surface area contributed by atoms with Crippen LogP contribution in [0.15, 0.2) is 30.3 Å². The molecule has 0 aromatic heterocycles. The van der Waals surface area contributed by atoms with Crippen LogP contribution in [0.2, 0.25) is 0 Å². The summed E-state index contributed by atoms with van der Waals surface area (Å²) in [7, 11) is 5.43. The Balaban J connectivity index is 2.11. The number of hydrogen-bond acceptors (Lipinski definition) is 4. The molecule has 1 aliphatic rings. The number of aliphatic hydroxyl groups is 1. The van der Waals surface area contributed by atoms with Crippen LogP contribution in [-0.4, -0.2) is 73.1 Å². The first-order valence-electron chi connectivity index (χ1n) is 7.36. The molecule has 0 bridgehead atoms. The number of likely N-dealkylation sites (N-methyl/N-ethyl adjacent to an activating group) is 2.